The van der Waals surface area contributed by atoms with Crippen molar-refractivity contribution >= 4 is 76.4 Å². The standard InChI is InChI=1S/C27H36Cl3N6O6P3/c1-16(2)40-45(41-17(3)4,42-18(5)6)34-43-35(37-25-10-7-19(31)13-22(25)28)44(39-27-12-9-21(33)15-24(27)30)36(45)38-26-11-8-20(32)14-23(26)29/h7-18H,31-33H2,1-6H3. The van der Waals surface area contributed by atoms with E-state index in [1.165, 1.54) is 9.21 Å². The summed E-state index contributed by atoms with van der Waals surface area (Å²) in [6.07, 6.45) is -1.41. The number of rotatable bonds is 12. The van der Waals surface area contributed by atoms with E-state index in [2.05, 4.69) is 0 Å². The molecule has 0 aliphatic carbocycles. The Kier molecular flexibility index (Phi) is 11.6. The van der Waals surface area contributed by atoms with Crippen molar-refractivity contribution in [2.45, 2.75) is 59.9 Å². The molecular weight excluding hydrogens is 704 g/mol. The average molecular weight is 740 g/mol. The van der Waals surface area contributed by atoms with Crippen LogP contribution in [0.4, 0.5) is 17.1 Å². The molecule has 0 aromatic heterocycles. The summed E-state index contributed by atoms with van der Waals surface area (Å²) in [7, 11) is -7.08. The predicted octanol–water partition coefficient (Wildman–Crippen LogP) is 10.1. The van der Waals surface area contributed by atoms with Gasteiger partial charge in [-0.3, -0.25) is 0 Å². The molecule has 1 unspecified atom stereocenters. The van der Waals surface area contributed by atoms with E-state index >= 15 is 0 Å². The molecule has 3 aromatic carbocycles. The molecule has 4 rings (SSSR count). The van der Waals surface area contributed by atoms with Gasteiger partial charge in [-0.15, -0.1) is 0 Å². The topological polar surface area (TPSA) is 152 Å². The number of nitrogens with two attached hydrogens (primary N) is 3. The minimum absolute atomic E-state index is 0.171. The third kappa shape index (κ3) is 8.33. The molecule has 6 N–H and O–H groups in total. The first-order valence-corrected chi connectivity index (χ1v) is 18.7. The third-order valence-corrected chi connectivity index (χ3v) is 14.2. The van der Waals surface area contributed by atoms with Crippen LogP contribution < -0.4 is 31.4 Å². The maximum atomic E-state index is 6.70. The Labute approximate surface area is 280 Å². The van der Waals surface area contributed by atoms with E-state index in [-0.39, 0.29) is 40.8 Å². The van der Waals surface area contributed by atoms with Gasteiger partial charge in [0, 0.05) is 0 Å². The summed E-state index contributed by atoms with van der Waals surface area (Å²) in [5.74, 6) is 0.698. The summed E-state index contributed by atoms with van der Waals surface area (Å²) in [5.41, 5.74) is 19.2. The summed E-state index contributed by atoms with van der Waals surface area (Å²) in [4.78, 5) is 12.9. The van der Waals surface area contributed by atoms with Crippen LogP contribution in [-0.4, -0.2) is 27.5 Å². The zero-order chi connectivity index (χ0) is 33.1. The quantitative estimate of drug-likeness (QED) is 0.120. The van der Waals surface area contributed by atoms with Crippen LogP contribution in [0.3, 0.4) is 0 Å². The molecule has 18 heteroatoms. The Morgan fingerprint density at radius 1 is 0.667 bits per heavy atom. The van der Waals surface area contributed by atoms with Crippen molar-refractivity contribution in [3.8, 4) is 17.2 Å². The number of hydrogen-bond acceptors (Lipinski definition) is 12. The Hall–Kier alpha value is -1.91. The molecule has 1 atom stereocenters. The van der Waals surface area contributed by atoms with Gasteiger partial charge >= 0.3 is 282 Å². The SMILES string of the molecule is CC(C)OP1(OC(C)C)(OC(C)C)N=PN(Oc2ccc(N)cc2Cl)P(Oc2ccc(N)cc2Cl)N1Oc1ccc(N)cc1Cl. The van der Waals surface area contributed by atoms with Crippen LogP contribution in [0.5, 0.6) is 17.2 Å². The number of nitrogen functional groups attached to an aromatic ring is 3. The first-order valence-electron chi connectivity index (χ1n) is 13.7. The molecule has 0 saturated heterocycles. The van der Waals surface area contributed by atoms with Gasteiger partial charge in [0.15, 0.2) is 0 Å². The molecule has 0 bridgehead atoms. The molecule has 0 fully saturated rings. The van der Waals surface area contributed by atoms with E-state index in [0.29, 0.717) is 17.1 Å². The Morgan fingerprint density at radius 2 is 1.07 bits per heavy atom. The summed E-state index contributed by atoms with van der Waals surface area (Å²) in [6, 6.07) is 14.4. The fourth-order valence-corrected chi connectivity index (χ4v) is 13.3. The van der Waals surface area contributed by atoms with Gasteiger partial charge < -0.3 is 0 Å². The van der Waals surface area contributed by atoms with Crippen molar-refractivity contribution in [2.75, 3.05) is 17.2 Å². The molecule has 0 radical (unpaired) electrons. The normalized spacial score (nSPS) is 19.4. The molecule has 0 spiro atoms. The van der Waals surface area contributed by atoms with Crippen LogP contribution in [-0.2, 0) is 13.6 Å². The van der Waals surface area contributed by atoms with E-state index in [9.17, 15) is 0 Å². The van der Waals surface area contributed by atoms with Gasteiger partial charge in [-0.05, 0) is 0 Å². The minimum atomic E-state index is -4.93. The van der Waals surface area contributed by atoms with E-state index in [1.807, 2.05) is 41.5 Å². The average Bonchev–Trinajstić information content (AvgIpc) is 2.90. The second-order valence-corrected chi connectivity index (χ2v) is 17.7. The van der Waals surface area contributed by atoms with Crippen LogP contribution in [0.15, 0.2) is 59.1 Å². The monoisotopic (exact) mass is 738 g/mol. The predicted molar refractivity (Wildman–Crippen MR) is 185 cm³/mol. The summed E-state index contributed by atoms with van der Waals surface area (Å²) in [5, 5.41) is 0.674. The molecule has 3 aromatic rings. The Balaban J connectivity index is 2.02. The van der Waals surface area contributed by atoms with Gasteiger partial charge in [0.1, 0.15) is 0 Å². The molecule has 1 aliphatic heterocycles. The van der Waals surface area contributed by atoms with Crippen molar-refractivity contribution in [3.05, 3.63) is 69.7 Å². The van der Waals surface area contributed by atoms with Crippen molar-refractivity contribution in [2.24, 2.45) is 4.52 Å². The van der Waals surface area contributed by atoms with E-state index in [1.54, 1.807) is 54.6 Å². The molecular formula is C27H36Cl3N6O6P3. The number of halogens is 3. The molecule has 12 nitrogen and oxygen atoms in total. The van der Waals surface area contributed by atoms with Crippen molar-refractivity contribution in [1.82, 2.24) is 9.21 Å². The van der Waals surface area contributed by atoms with Crippen LogP contribution in [0.25, 0.3) is 0 Å². The molecule has 0 amide bonds. The first kappa shape index (κ1) is 35.9. The first-order chi connectivity index (χ1) is 21.1. The number of nitrogens with zero attached hydrogens (tertiary/aromatic N) is 3. The Bertz CT molecular complexity index is 1530. The van der Waals surface area contributed by atoms with Crippen molar-refractivity contribution < 1.29 is 27.8 Å². The third-order valence-electron chi connectivity index (χ3n) is 5.43. The molecule has 246 valence electrons. The van der Waals surface area contributed by atoms with Crippen molar-refractivity contribution in [3.63, 3.8) is 0 Å². The van der Waals surface area contributed by atoms with Gasteiger partial charge in [0.05, 0.1) is 0 Å². The molecule has 45 heavy (non-hydrogen) atoms. The number of anilines is 3. The molecule has 1 aliphatic rings. The van der Waals surface area contributed by atoms with Gasteiger partial charge in [0.25, 0.3) is 0 Å². The van der Waals surface area contributed by atoms with Gasteiger partial charge in [-0.2, -0.15) is 0 Å². The van der Waals surface area contributed by atoms with Crippen LogP contribution in [0.2, 0.25) is 15.1 Å². The molecule has 1 heterocycles. The van der Waals surface area contributed by atoms with E-state index in [4.69, 9.17) is 84.3 Å². The fourth-order valence-electron chi connectivity index (χ4n) is 3.97. The van der Waals surface area contributed by atoms with E-state index in [0.717, 1.165) is 0 Å². The van der Waals surface area contributed by atoms with Crippen LogP contribution in [0, 0.1) is 0 Å². The fraction of sp³-hybridized carbons (Fsp3) is 0.333. The van der Waals surface area contributed by atoms with Crippen LogP contribution in [0.1, 0.15) is 41.5 Å². The zero-order valence-corrected chi connectivity index (χ0v) is 30.4. The van der Waals surface area contributed by atoms with Gasteiger partial charge in [-0.1, -0.05) is 0 Å². The maximum absolute atomic E-state index is 6.70. The van der Waals surface area contributed by atoms with Gasteiger partial charge in [0.2, 0.25) is 0 Å². The zero-order valence-electron chi connectivity index (χ0n) is 25.4. The second kappa shape index (κ2) is 14.5. The van der Waals surface area contributed by atoms with Gasteiger partial charge in [-0.25, -0.2) is 0 Å². The summed E-state index contributed by atoms with van der Waals surface area (Å²) >= 11 is 19.8. The molecule has 0 saturated carbocycles. The van der Waals surface area contributed by atoms with Crippen molar-refractivity contribution in [1.29, 1.82) is 0 Å². The second-order valence-electron chi connectivity index (χ2n) is 10.5. The number of hydrogen-bond donors (Lipinski definition) is 3. The Morgan fingerprint density at radius 3 is 1.47 bits per heavy atom. The summed E-state index contributed by atoms with van der Waals surface area (Å²) < 4.78 is 34.4. The van der Waals surface area contributed by atoms with Crippen LogP contribution >= 0.6 is 59.4 Å². The summed E-state index contributed by atoms with van der Waals surface area (Å²) in [6.45, 7) is 11.0. The number of benzene rings is 3. The van der Waals surface area contributed by atoms with E-state index < -0.39 is 34.3 Å².